The number of nitrogens with zero attached hydrogens (tertiary/aromatic N) is 1. The predicted molar refractivity (Wildman–Crippen MR) is 59.5 cm³/mol. The Morgan fingerprint density at radius 3 is 3.07 bits per heavy atom. The van der Waals surface area contributed by atoms with E-state index in [2.05, 4.69) is 24.1 Å². The second kappa shape index (κ2) is 3.44. The fraction of sp³-hybridized carbons (Fsp3) is 0.769. The molecule has 0 radical (unpaired) electrons. The molecule has 0 aromatic carbocycles. The maximum absolute atomic E-state index is 12.2. The molecule has 82 valence electrons. The summed E-state index contributed by atoms with van der Waals surface area (Å²) < 4.78 is 0. The van der Waals surface area contributed by atoms with Crippen molar-refractivity contribution in [1.82, 2.24) is 4.90 Å². The van der Waals surface area contributed by atoms with E-state index in [1.54, 1.807) is 0 Å². The number of hydrogen-bond acceptors (Lipinski definition) is 2. The standard InChI is InChI=1S/C13H19NO/c1-14-7-6-11-12(8-14)9-4-2-3-5-10(9)13(11)15/h2,4,9-12H,3,5-8H2,1H3. The minimum atomic E-state index is 0.372. The molecule has 4 unspecified atom stereocenters. The highest BCUT2D eigenvalue weighted by atomic mass is 16.1. The molecule has 0 N–H and O–H groups in total. The van der Waals surface area contributed by atoms with Crippen molar-refractivity contribution in [1.29, 1.82) is 0 Å². The lowest BCUT2D eigenvalue weighted by molar-refractivity contribution is -0.125. The first-order valence-corrected chi connectivity index (χ1v) is 6.16. The van der Waals surface area contributed by atoms with Crippen LogP contribution in [0.3, 0.4) is 0 Å². The molecule has 3 aliphatic rings. The van der Waals surface area contributed by atoms with E-state index in [9.17, 15) is 4.79 Å². The molecule has 1 saturated heterocycles. The van der Waals surface area contributed by atoms with Gasteiger partial charge in [-0.05, 0) is 44.7 Å². The highest BCUT2D eigenvalue weighted by molar-refractivity contribution is 5.87. The summed E-state index contributed by atoms with van der Waals surface area (Å²) in [5.41, 5.74) is 0. The van der Waals surface area contributed by atoms with Gasteiger partial charge in [-0.2, -0.15) is 0 Å². The SMILES string of the molecule is CN1CCC2C(=O)C3CCC=CC3C2C1. The van der Waals surface area contributed by atoms with Crippen LogP contribution in [0.2, 0.25) is 0 Å². The van der Waals surface area contributed by atoms with Crippen LogP contribution in [0.4, 0.5) is 0 Å². The van der Waals surface area contributed by atoms with Crippen molar-refractivity contribution >= 4 is 5.78 Å². The zero-order valence-corrected chi connectivity index (χ0v) is 9.36. The molecule has 4 atom stereocenters. The van der Waals surface area contributed by atoms with Gasteiger partial charge in [-0.25, -0.2) is 0 Å². The van der Waals surface area contributed by atoms with Gasteiger partial charge in [0.15, 0.2) is 0 Å². The number of carbonyl (C=O) groups excluding carboxylic acids is 1. The lowest BCUT2D eigenvalue weighted by Crippen LogP contribution is -2.39. The van der Waals surface area contributed by atoms with E-state index < -0.39 is 0 Å². The van der Waals surface area contributed by atoms with Crippen LogP contribution in [0.1, 0.15) is 19.3 Å². The van der Waals surface area contributed by atoms with E-state index in [4.69, 9.17) is 0 Å². The third-order valence-corrected chi connectivity index (χ3v) is 4.55. The summed E-state index contributed by atoms with van der Waals surface area (Å²) in [4.78, 5) is 14.6. The van der Waals surface area contributed by atoms with E-state index >= 15 is 0 Å². The lowest BCUT2D eigenvalue weighted by atomic mass is 9.80. The van der Waals surface area contributed by atoms with E-state index in [0.29, 0.717) is 29.5 Å². The van der Waals surface area contributed by atoms with Crippen LogP contribution < -0.4 is 0 Å². The third kappa shape index (κ3) is 1.38. The minimum absolute atomic E-state index is 0.372. The summed E-state index contributed by atoms with van der Waals surface area (Å²) in [7, 11) is 2.18. The summed E-state index contributed by atoms with van der Waals surface area (Å²) in [6.07, 6.45) is 7.93. The second-order valence-electron chi connectivity index (χ2n) is 5.41. The maximum atomic E-state index is 12.2. The Morgan fingerprint density at radius 1 is 1.33 bits per heavy atom. The van der Waals surface area contributed by atoms with Crippen LogP contribution in [0.25, 0.3) is 0 Å². The molecule has 0 amide bonds. The summed E-state index contributed by atoms with van der Waals surface area (Å²) >= 11 is 0. The first-order chi connectivity index (χ1) is 7.27. The quantitative estimate of drug-likeness (QED) is 0.561. The normalized spacial score (nSPS) is 45.3. The molecule has 1 heterocycles. The van der Waals surface area contributed by atoms with Crippen molar-refractivity contribution in [3.05, 3.63) is 12.2 Å². The summed E-state index contributed by atoms with van der Waals surface area (Å²) in [5.74, 6) is 2.54. The Morgan fingerprint density at radius 2 is 2.20 bits per heavy atom. The number of rotatable bonds is 0. The molecule has 1 aliphatic heterocycles. The van der Waals surface area contributed by atoms with Crippen LogP contribution in [0.15, 0.2) is 12.2 Å². The summed E-state index contributed by atoms with van der Waals surface area (Å²) in [6, 6.07) is 0. The van der Waals surface area contributed by atoms with Crippen LogP contribution in [0, 0.1) is 23.7 Å². The molecule has 3 rings (SSSR count). The van der Waals surface area contributed by atoms with Gasteiger partial charge in [0.1, 0.15) is 5.78 Å². The third-order valence-electron chi connectivity index (χ3n) is 4.55. The lowest BCUT2D eigenvalue weighted by Gasteiger charge is -2.34. The molecule has 0 aromatic heterocycles. The van der Waals surface area contributed by atoms with Crippen molar-refractivity contribution in [3.8, 4) is 0 Å². The molecule has 0 aromatic rings. The molecule has 2 nitrogen and oxygen atoms in total. The Hall–Kier alpha value is -0.630. The van der Waals surface area contributed by atoms with Gasteiger partial charge in [0, 0.05) is 18.4 Å². The molecule has 2 aliphatic carbocycles. The highest BCUT2D eigenvalue weighted by Crippen LogP contribution is 2.47. The van der Waals surface area contributed by atoms with Crippen LogP contribution in [-0.4, -0.2) is 30.8 Å². The van der Waals surface area contributed by atoms with Gasteiger partial charge in [0.05, 0.1) is 0 Å². The number of hydrogen-bond donors (Lipinski definition) is 0. The number of piperidine rings is 1. The number of likely N-dealkylation sites (tertiary alicyclic amines) is 1. The number of carbonyl (C=O) groups is 1. The number of allylic oxidation sites excluding steroid dienone is 2. The average molecular weight is 205 g/mol. The molecule has 2 fully saturated rings. The Labute approximate surface area is 91.3 Å². The summed E-state index contributed by atoms with van der Waals surface area (Å²) in [5, 5.41) is 0. The van der Waals surface area contributed by atoms with Crippen molar-refractivity contribution in [3.63, 3.8) is 0 Å². The molecule has 0 bridgehead atoms. The number of fused-ring (bicyclic) bond motifs is 3. The zero-order chi connectivity index (χ0) is 10.4. The van der Waals surface area contributed by atoms with Crippen molar-refractivity contribution in [2.45, 2.75) is 19.3 Å². The van der Waals surface area contributed by atoms with Gasteiger partial charge >= 0.3 is 0 Å². The fourth-order valence-corrected chi connectivity index (χ4v) is 3.80. The smallest absolute Gasteiger partial charge is 0.140 e. The summed E-state index contributed by atoms with van der Waals surface area (Å²) in [6.45, 7) is 2.23. The molecular formula is C13H19NO. The Kier molecular flexibility index (Phi) is 2.20. The topological polar surface area (TPSA) is 20.3 Å². The van der Waals surface area contributed by atoms with Gasteiger partial charge in [0.2, 0.25) is 0 Å². The van der Waals surface area contributed by atoms with Crippen molar-refractivity contribution in [2.24, 2.45) is 23.7 Å². The molecule has 2 heteroatoms. The largest absolute Gasteiger partial charge is 0.306 e. The molecular weight excluding hydrogens is 186 g/mol. The molecule has 0 spiro atoms. The van der Waals surface area contributed by atoms with Crippen molar-refractivity contribution in [2.75, 3.05) is 20.1 Å². The van der Waals surface area contributed by atoms with Crippen LogP contribution in [-0.2, 0) is 4.79 Å². The first-order valence-electron chi connectivity index (χ1n) is 6.16. The van der Waals surface area contributed by atoms with E-state index in [-0.39, 0.29) is 0 Å². The van der Waals surface area contributed by atoms with Gasteiger partial charge in [0.25, 0.3) is 0 Å². The van der Waals surface area contributed by atoms with Gasteiger partial charge in [-0.1, -0.05) is 12.2 Å². The average Bonchev–Trinajstić information content (AvgIpc) is 2.54. The number of Topliss-reactive ketones (excluding diaryl/α,β-unsaturated/α-hetero) is 1. The van der Waals surface area contributed by atoms with E-state index in [1.807, 2.05) is 0 Å². The van der Waals surface area contributed by atoms with Gasteiger partial charge in [-0.3, -0.25) is 4.79 Å². The Bertz CT molecular complexity index is 310. The van der Waals surface area contributed by atoms with Gasteiger partial charge in [-0.15, -0.1) is 0 Å². The van der Waals surface area contributed by atoms with Crippen molar-refractivity contribution < 1.29 is 4.79 Å². The fourth-order valence-electron chi connectivity index (χ4n) is 3.80. The first kappa shape index (κ1) is 9.59. The van der Waals surface area contributed by atoms with Crippen LogP contribution >= 0.6 is 0 Å². The molecule has 15 heavy (non-hydrogen) atoms. The monoisotopic (exact) mass is 205 g/mol. The van der Waals surface area contributed by atoms with Gasteiger partial charge < -0.3 is 4.90 Å². The maximum Gasteiger partial charge on any atom is 0.140 e. The molecule has 1 saturated carbocycles. The van der Waals surface area contributed by atoms with Crippen LogP contribution in [0.5, 0.6) is 0 Å². The van der Waals surface area contributed by atoms with E-state index in [0.717, 1.165) is 32.4 Å². The zero-order valence-electron chi connectivity index (χ0n) is 9.36. The minimum Gasteiger partial charge on any atom is -0.306 e. The Balaban J connectivity index is 1.90. The highest BCUT2D eigenvalue weighted by Gasteiger charge is 2.50. The predicted octanol–water partition coefficient (Wildman–Crippen LogP) is 1.72. The van der Waals surface area contributed by atoms with E-state index in [1.165, 1.54) is 0 Å². The second-order valence-corrected chi connectivity index (χ2v) is 5.41. The number of ketones is 1.